The number of anilines is 2. The summed E-state index contributed by atoms with van der Waals surface area (Å²) in [6.07, 6.45) is 3.29. The van der Waals surface area contributed by atoms with E-state index in [9.17, 15) is 18.0 Å². The highest BCUT2D eigenvalue weighted by Gasteiger charge is 2.29. The summed E-state index contributed by atoms with van der Waals surface area (Å²) in [6, 6.07) is 21.4. The quantitative estimate of drug-likeness (QED) is 0.294. The van der Waals surface area contributed by atoms with Crippen LogP contribution < -0.4 is 14.9 Å². The maximum atomic E-state index is 13.7. The van der Waals surface area contributed by atoms with Gasteiger partial charge in [0.25, 0.3) is 15.9 Å². The monoisotopic (exact) mass is 562 g/mol. The number of amides is 2. The molecule has 10 heteroatoms. The molecule has 0 spiro atoms. The summed E-state index contributed by atoms with van der Waals surface area (Å²) in [5.41, 5.74) is 3.00. The van der Waals surface area contributed by atoms with Gasteiger partial charge in [0.1, 0.15) is 6.54 Å². The van der Waals surface area contributed by atoms with Crippen LogP contribution in [0.15, 0.2) is 96.2 Å². The minimum Gasteiger partial charge on any atom is -0.348 e. The summed E-state index contributed by atoms with van der Waals surface area (Å²) < 4.78 is 28.5. The molecule has 0 radical (unpaired) electrons. The number of carbonyl (C=O) groups is 2. The second-order valence-electron chi connectivity index (χ2n) is 8.85. The van der Waals surface area contributed by atoms with Crippen LogP contribution in [0.2, 0.25) is 5.02 Å². The highest BCUT2D eigenvalue weighted by Crippen LogP contribution is 2.31. The molecule has 2 amide bonds. The van der Waals surface area contributed by atoms with Crippen molar-refractivity contribution in [1.29, 1.82) is 0 Å². The van der Waals surface area contributed by atoms with Crippen molar-refractivity contribution in [3.63, 3.8) is 0 Å². The molecule has 0 saturated heterocycles. The normalized spacial score (nSPS) is 11.1. The molecule has 0 fully saturated rings. The fraction of sp³-hybridized carbons (Fsp3) is 0.138. The van der Waals surface area contributed by atoms with Gasteiger partial charge in [0.15, 0.2) is 0 Å². The topological polar surface area (TPSA) is 108 Å². The number of sulfonamides is 1. The molecule has 2 N–H and O–H groups in total. The molecule has 0 saturated carbocycles. The van der Waals surface area contributed by atoms with Crippen LogP contribution in [0.25, 0.3) is 0 Å². The predicted octanol–water partition coefficient (Wildman–Crippen LogP) is 5.12. The van der Waals surface area contributed by atoms with Crippen LogP contribution in [0.1, 0.15) is 27.0 Å². The molecular weight excluding hydrogens is 536 g/mol. The van der Waals surface area contributed by atoms with Gasteiger partial charge >= 0.3 is 0 Å². The fourth-order valence-corrected chi connectivity index (χ4v) is 5.54. The molecule has 200 valence electrons. The van der Waals surface area contributed by atoms with Crippen LogP contribution >= 0.6 is 11.6 Å². The summed E-state index contributed by atoms with van der Waals surface area (Å²) in [6.45, 7) is 3.26. The molecule has 1 aromatic heterocycles. The molecule has 8 nitrogen and oxygen atoms in total. The third-order valence-corrected chi connectivity index (χ3v) is 8.21. The van der Waals surface area contributed by atoms with Crippen LogP contribution in [0.5, 0.6) is 0 Å². The van der Waals surface area contributed by atoms with E-state index in [1.165, 1.54) is 12.1 Å². The zero-order valence-electron chi connectivity index (χ0n) is 21.4. The van der Waals surface area contributed by atoms with E-state index in [2.05, 4.69) is 15.6 Å². The number of hydrogen-bond acceptors (Lipinski definition) is 5. The van der Waals surface area contributed by atoms with Crippen LogP contribution in [-0.2, 0) is 21.4 Å². The summed E-state index contributed by atoms with van der Waals surface area (Å²) >= 11 is 6.30. The Morgan fingerprint density at radius 2 is 1.67 bits per heavy atom. The van der Waals surface area contributed by atoms with E-state index in [-0.39, 0.29) is 28.4 Å². The number of pyridine rings is 1. The maximum Gasteiger partial charge on any atom is 0.264 e. The second-order valence-corrected chi connectivity index (χ2v) is 11.1. The van der Waals surface area contributed by atoms with Crippen molar-refractivity contribution in [3.8, 4) is 0 Å². The number of carbonyl (C=O) groups excluding carboxylic acids is 2. The minimum atomic E-state index is -4.13. The average Bonchev–Trinajstić information content (AvgIpc) is 2.93. The predicted molar refractivity (Wildman–Crippen MR) is 152 cm³/mol. The SMILES string of the molecule is Cc1ccc(S(=O)(=O)N(CC(=O)Nc2ccccc2C(=O)NCc2cccnc2)c2cccc(Cl)c2C)cc1. The standard InChI is InChI=1S/C29H27ClN4O4S/c1-20-12-14-23(15-13-20)39(37,38)34(27-11-5-9-25(30)21(27)2)19-28(35)33-26-10-4-3-8-24(26)29(36)32-18-22-7-6-16-31-17-22/h3-17H,18-19H2,1-2H3,(H,32,36)(H,33,35). The van der Waals surface area contributed by atoms with Gasteiger partial charge in [-0.15, -0.1) is 0 Å². The lowest BCUT2D eigenvalue weighted by molar-refractivity contribution is -0.114. The van der Waals surface area contributed by atoms with Crippen molar-refractivity contribution < 1.29 is 18.0 Å². The lowest BCUT2D eigenvalue weighted by atomic mass is 10.1. The summed E-state index contributed by atoms with van der Waals surface area (Å²) in [4.78, 5) is 30.3. The average molecular weight is 563 g/mol. The molecule has 1 heterocycles. The van der Waals surface area contributed by atoms with E-state index in [4.69, 9.17) is 11.6 Å². The molecule has 4 rings (SSSR count). The van der Waals surface area contributed by atoms with Crippen molar-refractivity contribution in [2.24, 2.45) is 0 Å². The summed E-state index contributed by atoms with van der Waals surface area (Å²) in [5, 5.41) is 5.88. The first-order chi connectivity index (χ1) is 18.7. The van der Waals surface area contributed by atoms with Crippen molar-refractivity contribution >= 4 is 44.8 Å². The molecule has 0 aliphatic rings. The number of hydrogen-bond donors (Lipinski definition) is 2. The van der Waals surface area contributed by atoms with Gasteiger partial charge in [0.2, 0.25) is 5.91 Å². The van der Waals surface area contributed by atoms with Crippen LogP contribution in [-0.4, -0.2) is 31.8 Å². The number of benzene rings is 3. The Bertz CT molecular complexity index is 1590. The van der Waals surface area contributed by atoms with Gasteiger partial charge in [-0.3, -0.25) is 18.9 Å². The molecule has 4 aromatic rings. The lowest BCUT2D eigenvalue weighted by Crippen LogP contribution is -2.39. The van der Waals surface area contributed by atoms with E-state index in [1.54, 1.807) is 80.0 Å². The van der Waals surface area contributed by atoms with Gasteiger partial charge in [-0.25, -0.2) is 8.42 Å². The Hall–Kier alpha value is -4.21. The summed E-state index contributed by atoms with van der Waals surface area (Å²) in [7, 11) is -4.13. The van der Waals surface area contributed by atoms with Gasteiger partial charge in [-0.1, -0.05) is 53.6 Å². The van der Waals surface area contributed by atoms with Crippen molar-refractivity contribution in [3.05, 3.63) is 119 Å². The van der Waals surface area contributed by atoms with E-state index < -0.39 is 28.4 Å². The Labute approximate surface area is 232 Å². The second kappa shape index (κ2) is 12.1. The fourth-order valence-electron chi connectivity index (χ4n) is 3.89. The molecule has 3 aromatic carbocycles. The third-order valence-electron chi connectivity index (χ3n) is 6.03. The Morgan fingerprint density at radius 1 is 0.923 bits per heavy atom. The Balaban J connectivity index is 1.60. The van der Waals surface area contributed by atoms with Crippen LogP contribution in [0.3, 0.4) is 0 Å². The smallest absolute Gasteiger partial charge is 0.264 e. The first-order valence-corrected chi connectivity index (χ1v) is 13.9. The van der Waals surface area contributed by atoms with E-state index >= 15 is 0 Å². The van der Waals surface area contributed by atoms with E-state index in [1.807, 2.05) is 13.0 Å². The summed E-state index contributed by atoms with van der Waals surface area (Å²) in [5.74, 6) is -1.03. The number of aromatic nitrogens is 1. The molecule has 0 bridgehead atoms. The molecular formula is C29H27ClN4O4S. The highest BCUT2D eigenvalue weighted by molar-refractivity contribution is 7.92. The Morgan fingerprint density at radius 3 is 2.38 bits per heavy atom. The number of para-hydroxylation sites is 1. The van der Waals surface area contributed by atoms with Gasteiger partial charge in [-0.05, 0) is 67.4 Å². The Kier molecular flexibility index (Phi) is 8.63. The van der Waals surface area contributed by atoms with Crippen LogP contribution in [0, 0.1) is 13.8 Å². The van der Waals surface area contributed by atoms with E-state index in [0.29, 0.717) is 10.6 Å². The van der Waals surface area contributed by atoms with Gasteiger partial charge in [-0.2, -0.15) is 0 Å². The molecule has 39 heavy (non-hydrogen) atoms. The van der Waals surface area contributed by atoms with Gasteiger partial charge in [0.05, 0.1) is 21.8 Å². The van der Waals surface area contributed by atoms with Gasteiger partial charge < -0.3 is 10.6 Å². The first kappa shape index (κ1) is 27.8. The zero-order chi connectivity index (χ0) is 28.0. The van der Waals surface area contributed by atoms with E-state index in [0.717, 1.165) is 15.4 Å². The maximum absolute atomic E-state index is 13.7. The number of nitrogens with one attached hydrogen (secondary N) is 2. The van der Waals surface area contributed by atoms with Crippen molar-refractivity contribution in [2.75, 3.05) is 16.2 Å². The number of rotatable bonds is 9. The van der Waals surface area contributed by atoms with Crippen LogP contribution in [0.4, 0.5) is 11.4 Å². The largest absolute Gasteiger partial charge is 0.348 e. The number of aryl methyl sites for hydroxylation is 1. The lowest BCUT2D eigenvalue weighted by Gasteiger charge is -2.26. The highest BCUT2D eigenvalue weighted by atomic mass is 35.5. The molecule has 0 unspecified atom stereocenters. The number of halogens is 1. The van der Waals surface area contributed by atoms with Crippen molar-refractivity contribution in [2.45, 2.75) is 25.3 Å². The third kappa shape index (κ3) is 6.63. The molecule has 0 atom stereocenters. The molecule has 0 aliphatic carbocycles. The van der Waals surface area contributed by atoms with Crippen molar-refractivity contribution in [1.82, 2.24) is 10.3 Å². The molecule has 0 aliphatic heterocycles. The zero-order valence-corrected chi connectivity index (χ0v) is 23.0. The first-order valence-electron chi connectivity index (χ1n) is 12.1. The minimum absolute atomic E-state index is 0.0375. The number of nitrogens with zero attached hydrogens (tertiary/aromatic N) is 2. The van der Waals surface area contributed by atoms with Gasteiger partial charge in [0, 0.05) is 24.0 Å².